The zero-order valence-electron chi connectivity index (χ0n) is 12.8. The number of methoxy groups -OCH3 is 1. The van der Waals surface area contributed by atoms with Gasteiger partial charge in [-0.2, -0.15) is 5.10 Å². The number of nitrogens with one attached hydrogen (secondary N) is 1. The van der Waals surface area contributed by atoms with Crippen molar-refractivity contribution >= 4 is 29.9 Å². The van der Waals surface area contributed by atoms with Crippen molar-refractivity contribution < 1.29 is 4.74 Å². The first-order chi connectivity index (χ1) is 10.2. The molecular weight excluding hydrogens is 393 g/mol. The van der Waals surface area contributed by atoms with Crippen LogP contribution in [0.3, 0.4) is 0 Å². The van der Waals surface area contributed by atoms with E-state index < -0.39 is 0 Å². The maximum Gasteiger partial charge on any atom is 0.189 e. The molecule has 0 fully saturated rings. The first-order valence-electron chi connectivity index (χ1n) is 6.83. The van der Waals surface area contributed by atoms with E-state index >= 15 is 0 Å². The van der Waals surface area contributed by atoms with E-state index in [-0.39, 0.29) is 30.0 Å². The second kappa shape index (κ2) is 9.42. The van der Waals surface area contributed by atoms with Crippen LogP contribution < -0.4 is 11.1 Å². The highest BCUT2D eigenvalue weighted by atomic mass is 127. The summed E-state index contributed by atoms with van der Waals surface area (Å²) in [4.78, 5) is 4.34. The molecule has 0 spiro atoms. The molecule has 0 saturated heterocycles. The standard InChI is InChI=1S/C15H21N5O.HI/c1-12(11-21-2)19-15(16)17-10-13-5-3-6-14(9-13)20-8-4-7-18-20;/h3-9,12H,10-11H2,1-2H3,(H3,16,17,19);1H. The molecule has 3 N–H and O–H groups in total. The SMILES string of the molecule is COCC(C)NC(N)=NCc1cccc(-n2cccn2)c1.I. The third-order valence-electron chi connectivity index (χ3n) is 2.92. The molecule has 0 radical (unpaired) electrons. The number of hydrogen-bond donors (Lipinski definition) is 2. The van der Waals surface area contributed by atoms with Crippen molar-refractivity contribution in [2.45, 2.75) is 19.5 Å². The number of guanidine groups is 1. The lowest BCUT2D eigenvalue weighted by Gasteiger charge is -2.13. The predicted molar refractivity (Wildman–Crippen MR) is 98.8 cm³/mol. The van der Waals surface area contributed by atoms with Crippen LogP contribution in [-0.4, -0.2) is 35.5 Å². The van der Waals surface area contributed by atoms with Crippen LogP contribution in [0.5, 0.6) is 0 Å². The van der Waals surface area contributed by atoms with Gasteiger partial charge in [-0.3, -0.25) is 0 Å². The summed E-state index contributed by atoms with van der Waals surface area (Å²) in [5.74, 6) is 0.420. The number of nitrogens with two attached hydrogens (primary N) is 1. The molecule has 6 nitrogen and oxygen atoms in total. The van der Waals surface area contributed by atoms with Crippen LogP contribution in [-0.2, 0) is 11.3 Å². The number of ether oxygens (including phenoxy) is 1. The highest BCUT2D eigenvalue weighted by Gasteiger charge is 2.02. The monoisotopic (exact) mass is 415 g/mol. The van der Waals surface area contributed by atoms with Crippen molar-refractivity contribution in [1.29, 1.82) is 0 Å². The van der Waals surface area contributed by atoms with Gasteiger partial charge in [-0.15, -0.1) is 24.0 Å². The van der Waals surface area contributed by atoms with Crippen molar-refractivity contribution in [2.75, 3.05) is 13.7 Å². The molecule has 1 heterocycles. The van der Waals surface area contributed by atoms with Gasteiger partial charge in [0.05, 0.1) is 18.8 Å². The summed E-state index contributed by atoms with van der Waals surface area (Å²) in [6.07, 6.45) is 3.66. The van der Waals surface area contributed by atoms with E-state index in [0.29, 0.717) is 19.1 Å². The molecule has 1 unspecified atom stereocenters. The molecule has 0 amide bonds. The molecule has 7 heteroatoms. The van der Waals surface area contributed by atoms with Crippen molar-refractivity contribution in [3.05, 3.63) is 48.3 Å². The quantitative estimate of drug-likeness (QED) is 0.430. The molecule has 0 aliphatic carbocycles. The van der Waals surface area contributed by atoms with E-state index in [1.54, 1.807) is 13.3 Å². The minimum absolute atomic E-state index is 0. The summed E-state index contributed by atoms with van der Waals surface area (Å²) in [6, 6.07) is 10.1. The summed E-state index contributed by atoms with van der Waals surface area (Å²) in [6.45, 7) is 3.10. The molecule has 2 aromatic rings. The Morgan fingerprint density at radius 3 is 2.95 bits per heavy atom. The molecule has 0 saturated carbocycles. The third-order valence-corrected chi connectivity index (χ3v) is 2.92. The maximum atomic E-state index is 5.85. The number of hydrogen-bond acceptors (Lipinski definition) is 3. The second-order valence-electron chi connectivity index (χ2n) is 4.82. The van der Waals surface area contributed by atoms with Crippen LogP contribution in [0.25, 0.3) is 5.69 Å². The molecule has 0 bridgehead atoms. The molecule has 22 heavy (non-hydrogen) atoms. The summed E-state index contributed by atoms with van der Waals surface area (Å²) in [5.41, 5.74) is 7.93. The number of aromatic nitrogens is 2. The Morgan fingerprint density at radius 1 is 1.45 bits per heavy atom. The van der Waals surface area contributed by atoms with E-state index in [2.05, 4.69) is 15.4 Å². The summed E-state index contributed by atoms with van der Waals surface area (Å²) in [7, 11) is 1.66. The van der Waals surface area contributed by atoms with Crippen molar-refractivity contribution in [1.82, 2.24) is 15.1 Å². The van der Waals surface area contributed by atoms with Gasteiger partial charge in [0.1, 0.15) is 0 Å². The predicted octanol–water partition coefficient (Wildman–Crippen LogP) is 1.93. The highest BCUT2D eigenvalue weighted by molar-refractivity contribution is 14.0. The Bertz CT molecular complexity index is 585. The Labute approximate surface area is 147 Å². The molecule has 0 aliphatic rings. The van der Waals surface area contributed by atoms with E-state index in [1.807, 2.05) is 48.1 Å². The Morgan fingerprint density at radius 2 is 2.27 bits per heavy atom. The van der Waals surface area contributed by atoms with Gasteiger partial charge in [0.15, 0.2) is 5.96 Å². The fourth-order valence-electron chi connectivity index (χ4n) is 1.99. The Balaban J connectivity index is 0.00000242. The van der Waals surface area contributed by atoms with Crippen molar-refractivity contribution in [3.8, 4) is 5.69 Å². The van der Waals surface area contributed by atoms with Gasteiger partial charge in [0.25, 0.3) is 0 Å². The van der Waals surface area contributed by atoms with Gasteiger partial charge in [0, 0.05) is 25.5 Å². The normalized spacial score (nSPS) is 12.5. The number of nitrogens with zero attached hydrogens (tertiary/aromatic N) is 3. The Hall–Kier alpha value is -1.61. The van der Waals surface area contributed by atoms with Crippen molar-refractivity contribution in [2.24, 2.45) is 10.7 Å². The zero-order valence-corrected chi connectivity index (χ0v) is 15.1. The summed E-state index contributed by atoms with van der Waals surface area (Å²) < 4.78 is 6.86. The van der Waals surface area contributed by atoms with Crippen molar-refractivity contribution in [3.63, 3.8) is 0 Å². The largest absolute Gasteiger partial charge is 0.383 e. The molecule has 0 aliphatic heterocycles. The van der Waals surface area contributed by atoms with Crippen LogP contribution in [0.1, 0.15) is 12.5 Å². The molecule has 1 atom stereocenters. The minimum Gasteiger partial charge on any atom is -0.383 e. The number of rotatable bonds is 6. The summed E-state index contributed by atoms with van der Waals surface area (Å²) in [5, 5.41) is 7.29. The lowest BCUT2D eigenvalue weighted by atomic mass is 10.2. The van der Waals surface area contributed by atoms with Gasteiger partial charge in [-0.25, -0.2) is 9.67 Å². The van der Waals surface area contributed by atoms with E-state index in [9.17, 15) is 0 Å². The minimum atomic E-state index is 0. The van der Waals surface area contributed by atoms with Gasteiger partial charge >= 0.3 is 0 Å². The van der Waals surface area contributed by atoms with Crippen LogP contribution in [0, 0.1) is 0 Å². The number of halogens is 1. The number of aliphatic imine (C=N–C) groups is 1. The van der Waals surface area contributed by atoms with Crippen LogP contribution in [0.15, 0.2) is 47.7 Å². The lowest BCUT2D eigenvalue weighted by molar-refractivity contribution is 0.179. The van der Waals surface area contributed by atoms with Crippen LogP contribution >= 0.6 is 24.0 Å². The fourth-order valence-corrected chi connectivity index (χ4v) is 1.99. The summed E-state index contributed by atoms with van der Waals surface area (Å²) >= 11 is 0. The van der Waals surface area contributed by atoms with E-state index in [0.717, 1.165) is 11.3 Å². The van der Waals surface area contributed by atoms with Gasteiger partial charge in [-0.05, 0) is 30.7 Å². The smallest absolute Gasteiger partial charge is 0.189 e. The van der Waals surface area contributed by atoms with Gasteiger partial charge in [-0.1, -0.05) is 12.1 Å². The van der Waals surface area contributed by atoms with Crippen LogP contribution in [0.4, 0.5) is 0 Å². The fraction of sp³-hybridized carbons (Fsp3) is 0.333. The topological polar surface area (TPSA) is 77.5 Å². The highest BCUT2D eigenvalue weighted by Crippen LogP contribution is 2.10. The molecular formula is C15H22IN5O. The van der Waals surface area contributed by atoms with E-state index in [1.165, 1.54) is 0 Å². The zero-order chi connectivity index (χ0) is 15.1. The third kappa shape index (κ3) is 5.64. The molecule has 120 valence electrons. The first-order valence-corrected chi connectivity index (χ1v) is 6.83. The molecule has 1 aromatic heterocycles. The molecule has 2 rings (SSSR count). The Kier molecular flexibility index (Phi) is 7.89. The van der Waals surface area contributed by atoms with E-state index in [4.69, 9.17) is 10.5 Å². The van der Waals surface area contributed by atoms with Gasteiger partial charge in [0.2, 0.25) is 0 Å². The van der Waals surface area contributed by atoms with Gasteiger partial charge < -0.3 is 15.8 Å². The molecule has 1 aromatic carbocycles. The van der Waals surface area contributed by atoms with Crippen LogP contribution in [0.2, 0.25) is 0 Å². The maximum absolute atomic E-state index is 5.85. The second-order valence-corrected chi connectivity index (χ2v) is 4.82. The average Bonchev–Trinajstić information content (AvgIpc) is 3.00. The lowest BCUT2D eigenvalue weighted by Crippen LogP contribution is -2.40. The first kappa shape index (κ1) is 18.4. The average molecular weight is 415 g/mol. The number of benzene rings is 1.